The molecule has 3 atom stereocenters. The summed E-state index contributed by atoms with van der Waals surface area (Å²) in [5, 5.41) is 9.89. The van der Waals surface area contributed by atoms with Crippen LogP contribution in [0.15, 0.2) is 0 Å². The molecule has 2 heterocycles. The maximum absolute atomic E-state index is 12.2. The fourth-order valence-corrected chi connectivity index (χ4v) is 3.43. The number of ether oxygens (including phenoxy) is 2. The van der Waals surface area contributed by atoms with Crippen LogP contribution in [0, 0.1) is 5.41 Å². The number of thioether (sulfide) groups is 1. The largest absolute Gasteiger partial charge is 0.480 e. The monoisotopic (exact) mass is 288 g/mol. The molecular formula is C13H20O5S. The third-order valence-corrected chi connectivity index (χ3v) is 4.79. The van der Waals surface area contributed by atoms with Gasteiger partial charge in [-0.2, -0.15) is 11.8 Å². The average Bonchev–Trinajstić information content (AvgIpc) is 2.94. The van der Waals surface area contributed by atoms with E-state index in [9.17, 15) is 14.7 Å². The second kappa shape index (κ2) is 5.71. The molecule has 2 aliphatic heterocycles. The highest BCUT2D eigenvalue weighted by atomic mass is 32.2. The van der Waals surface area contributed by atoms with Crippen LogP contribution in [0.4, 0.5) is 0 Å². The van der Waals surface area contributed by atoms with Crippen LogP contribution < -0.4 is 0 Å². The van der Waals surface area contributed by atoms with Crippen molar-refractivity contribution < 1.29 is 24.2 Å². The highest BCUT2D eigenvalue weighted by Gasteiger charge is 2.63. The minimum Gasteiger partial charge on any atom is -0.480 e. The lowest BCUT2D eigenvalue weighted by atomic mass is 9.74. The van der Waals surface area contributed by atoms with Gasteiger partial charge in [-0.3, -0.25) is 9.59 Å². The molecule has 0 aliphatic carbocycles. The van der Waals surface area contributed by atoms with Gasteiger partial charge >= 0.3 is 11.9 Å². The van der Waals surface area contributed by atoms with E-state index in [-0.39, 0.29) is 19.1 Å². The van der Waals surface area contributed by atoms with E-state index in [1.807, 2.05) is 0 Å². The summed E-state index contributed by atoms with van der Waals surface area (Å²) in [6.45, 7) is 4.39. The zero-order valence-corrected chi connectivity index (χ0v) is 12.1. The van der Waals surface area contributed by atoms with Gasteiger partial charge in [0.1, 0.15) is 6.61 Å². The van der Waals surface area contributed by atoms with E-state index < -0.39 is 23.5 Å². The first-order valence-corrected chi connectivity index (χ1v) is 7.69. The molecule has 0 aromatic rings. The van der Waals surface area contributed by atoms with Crippen LogP contribution in [-0.2, 0) is 19.1 Å². The quantitative estimate of drug-likeness (QED) is 0.455. The van der Waals surface area contributed by atoms with Gasteiger partial charge in [0.05, 0.1) is 12.2 Å². The van der Waals surface area contributed by atoms with Gasteiger partial charge in [-0.15, -0.1) is 0 Å². The number of hydrogen-bond acceptors (Lipinski definition) is 5. The molecule has 2 aliphatic rings. The normalized spacial score (nSPS) is 32.8. The van der Waals surface area contributed by atoms with Gasteiger partial charge in [0.15, 0.2) is 5.41 Å². The average molecular weight is 288 g/mol. The molecule has 6 heteroatoms. The minimum absolute atomic E-state index is 0.0984. The summed E-state index contributed by atoms with van der Waals surface area (Å²) in [4.78, 5) is 23.7. The van der Waals surface area contributed by atoms with Gasteiger partial charge in [-0.1, -0.05) is 13.8 Å². The van der Waals surface area contributed by atoms with E-state index in [0.717, 1.165) is 6.42 Å². The maximum atomic E-state index is 12.2. The second-order valence-corrected chi connectivity index (χ2v) is 7.04. The van der Waals surface area contributed by atoms with Crippen molar-refractivity contribution in [2.24, 2.45) is 5.41 Å². The van der Waals surface area contributed by atoms with Crippen LogP contribution >= 0.6 is 11.8 Å². The number of carbonyl (C=O) groups is 2. The summed E-state index contributed by atoms with van der Waals surface area (Å²) in [6.07, 6.45) is 1.12. The Bertz CT molecular complexity index is 370. The number of esters is 1. The van der Waals surface area contributed by atoms with Gasteiger partial charge in [-0.05, 0) is 18.1 Å². The Morgan fingerprint density at radius 3 is 2.68 bits per heavy atom. The van der Waals surface area contributed by atoms with Crippen molar-refractivity contribution in [2.75, 3.05) is 12.4 Å². The molecule has 0 aromatic carbocycles. The van der Waals surface area contributed by atoms with Crippen LogP contribution in [0.25, 0.3) is 0 Å². The molecule has 1 N–H and O–H groups in total. The van der Waals surface area contributed by atoms with Gasteiger partial charge in [0, 0.05) is 12.2 Å². The highest BCUT2D eigenvalue weighted by Crippen LogP contribution is 2.48. The first-order chi connectivity index (χ1) is 8.96. The van der Waals surface area contributed by atoms with E-state index in [1.165, 1.54) is 0 Å². The topological polar surface area (TPSA) is 72.8 Å². The van der Waals surface area contributed by atoms with Crippen LogP contribution in [-0.4, -0.2) is 46.9 Å². The Hall–Kier alpha value is -0.750. The van der Waals surface area contributed by atoms with Gasteiger partial charge in [-0.25, -0.2) is 0 Å². The lowest BCUT2D eigenvalue weighted by Crippen LogP contribution is -2.48. The zero-order valence-electron chi connectivity index (χ0n) is 11.3. The van der Waals surface area contributed by atoms with Crippen LogP contribution in [0.3, 0.4) is 0 Å². The Morgan fingerprint density at radius 1 is 1.47 bits per heavy atom. The first kappa shape index (κ1) is 14.7. The predicted octanol–water partition coefficient (Wildman–Crippen LogP) is 1.69. The van der Waals surface area contributed by atoms with Gasteiger partial charge in [0.25, 0.3) is 0 Å². The standard InChI is InChI=1S/C13H20O5S/c1-8(2)19-6-5-17-12(16)13(11(14)15)7-9-3-4-10(13)18-9/h8-10H,3-7H2,1-2H3,(H,14,15). The smallest absolute Gasteiger partial charge is 0.326 e. The van der Waals surface area contributed by atoms with E-state index >= 15 is 0 Å². The fourth-order valence-electron chi connectivity index (χ4n) is 2.78. The number of hydrogen-bond donors (Lipinski definition) is 1. The fraction of sp³-hybridized carbons (Fsp3) is 0.846. The van der Waals surface area contributed by atoms with Crippen molar-refractivity contribution in [2.45, 2.75) is 50.6 Å². The van der Waals surface area contributed by atoms with Crippen molar-refractivity contribution in [1.29, 1.82) is 0 Å². The van der Waals surface area contributed by atoms with E-state index in [4.69, 9.17) is 9.47 Å². The van der Waals surface area contributed by atoms with Crippen molar-refractivity contribution >= 4 is 23.7 Å². The van der Waals surface area contributed by atoms with Gasteiger partial charge in [0.2, 0.25) is 0 Å². The first-order valence-electron chi connectivity index (χ1n) is 6.64. The van der Waals surface area contributed by atoms with Crippen molar-refractivity contribution in [1.82, 2.24) is 0 Å². The SMILES string of the molecule is CC(C)SCCOC(=O)C1(C(=O)O)CC2CCC1O2. The second-order valence-electron chi connectivity index (χ2n) is 5.36. The molecule has 5 nitrogen and oxygen atoms in total. The highest BCUT2D eigenvalue weighted by molar-refractivity contribution is 7.99. The van der Waals surface area contributed by atoms with Crippen molar-refractivity contribution in [3.63, 3.8) is 0 Å². The minimum atomic E-state index is -1.47. The van der Waals surface area contributed by atoms with Crippen LogP contribution in [0.1, 0.15) is 33.1 Å². The molecule has 2 rings (SSSR count). The van der Waals surface area contributed by atoms with Crippen LogP contribution in [0.5, 0.6) is 0 Å². The Kier molecular flexibility index (Phi) is 4.40. The molecule has 0 amide bonds. The molecule has 2 saturated heterocycles. The van der Waals surface area contributed by atoms with E-state index in [0.29, 0.717) is 17.4 Å². The number of aliphatic carboxylic acids is 1. The summed E-state index contributed by atoms with van der Waals surface area (Å²) in [5.74, 6) is -1.05. The molecule has 0 radical (unpaired) electrons. The molecule has 0 saturated carbocycles. The third kappa shape index (κ3) is 2.74. The molecule has 108 valence electrons. The molecule has 0 aromatic heterocycles. The summed E-state index contributed by atoms with van der Waals surface area (Å²) in [5.41, 5.74) is -1.47. The van der Waals surface area contributed by atoms with Crippen LogP contribution in [0.2, 0.25) is 0 Å². The van der Waals surface area contributed by atoms with Crippen molar-refractivity contribution in [3.8, 4) is 0 Å². The number of carbonyl (C=O) groups excluding carboxylic acids is 1. The Morgan fingerprint density at radius 2 is 2.21 bits per heavy atom. The summed E-state index contributed by atoms with van der Waals surface area (Å²) < 4.78 is 10.7. The molecule has 0 spiro atoms. The molecular weight excluding hydrogens is 268 g/mol. The number of fused-ring (bicyclic) bond motifs is 2. The number of rotatable bonds is 6. The predicted molar refractivity (Wildman–Crippen MR) is 71.1 cm³/mol. The van der Waals surface area contributed by atoms with E-state index in [1.54, 1.807) is 11.8 Å². The molecule has 2 fully saturated rings. The Balaban J connectivity index is 1.93. The molecule has 3 unspecified atom stereocenters. The maximum Gasteiger partial charge on any atom is 0.326 e. The molecule has 19 heavy (non-hydrogen) atoms. The Labute approximate surface area is 117 Å². The summed E-state index contributed by atoms with van der Waals surface area (Å²) in [7, 11) is 0. The number of carboxylic acid groups (broad SMARTS) is 1. The third-order valence-electron chi connectivity index (χ3n) is 3.72. The van der Waals surface area contributed by atoms with Gasteiger partial charge < -0.3 is 14.6 Å². The summed E-state index contributed by atoms with van der Waals surface area (Å²) >= 11 is 1.68. The van der Waals surface area contributed by atoms with Crippen molar-refractivity contribution in [3.05, 3.63) is 0 Å². The lowest BCUT2D eigenvalue weighted by molar-refractivity contribution is -0.172. The zero-order chi connectivity index (χ0) is 14.0. The van der Waals surface area contributed by atoms with E-state index in [2.05, 4.69) is 13.8 Å². The lowest BCUT2D eigenvalue weighted by Gasteiger charge is -2.28. The summed E-state index contributed by atoms with van der Waals surface area (Å²) in [6, 6.07) is 0. The number of carboxylic acids is 1. The molecule has 2 bridgehead atoms.